The van der Waals surface area contributed by atoms with Crippen molar-refractivity contribution in [3.8, 4) is 0 Å². The number of fused-ring (bicyclic) bond motifs is 1. The van der Waals surface area contributed by atoms with Gasteiger partial charge in [0.05, 0.1) is 17.2 Å². The first-order valence-corrected chi connectivity index (χ1v) is 8.66. The number of benzene rings is 2. The Balaban J connectivity index is 1.53. The van der Waals surface area contributed by atoms with Crippen LogP contribution in [0.5, 0.6) is 0 Å². The van der Waals surface area contributed by atoms with E-state index in [0.29, 0.717) is 30.2 Å². The normalized spacial score (nSPS) is 15.4. The van der Waals surface area contributed by atoms with Crippen LogP contribution in [0.15, 0.2) is 63.9 Å². The van der Waals surface area contributed by atoms with Gasteiger partial charge in [-0.1, -0.05) is 48.5 Å². The van der Waals surface area contributed by atoms with E-state index in [1.165, 1.54) is 0 Å². The fourth-order valence-electron chi connectivity index (χ4n) is 2.46. The highest BCUT2D eigenvalue weighted by Crippen LogP contribution is 2.27. The van der Waals surface area contributed by atoms with Gasteiger partial charge in [0.2, 0.25) is 0 Å². The number of rotatable bonds is 6. The smallest absolute Gasteiger partial charge is 0.283 e. The van der Waals surface area contributed by atoms with Crippen LogP contribution >= 0.6 is 0 Å². The summed E-state index contributed by atoms with van der Waals surface area (Å²) in [6, 6.07) is 16.9. The van der Waals surface area contributed by atoms with Crippen LogP contribution in [0.1, 0.15) is 24.0 Å². The molecule has 1 aliphatic rings. The molecule has 5 heteroatoms. The van der Waals surface area contributed by atoms with Crippen LogP contribution in [0.3, 0.4) is 0 Å². The maximum absolute atomic E-state index is 11.9. The Labute approximate surface area is 130 Å². The molecule has 1 heterocycles. The molecular weight excluding hydrogens is 298 g/mol. The highest BCUT2D eigenvalue weighted by molar-refractivity contribution is 7.90. The van der Waals surface area contributed by atoms with Crippen LogP contribution in [0, 0.1) is 0 Å². The lowest BCUT2D eigenvalue weighted by molar-refractivity contribution is 0.120. The van der Waals surface area contributed by atoms with Crippen molar-refractivity contribution < 1.29 is 13.2 Å². The fraction of sp³-hybridized carbons (Fsp3) is 0.235. The molecule has 0 aromatic heterocycles. The fourth-order valence-corrected chi connectivity index (χ4v) is 3.75. The second kappa shape index (κ2) is 6.42. The van der Waals surface area contributed by atoms with Gasteiger partial charge in [-0.05, 0) is 24.5 Å². The van der Waals surface area contributed by atoms with E-state index in [1.54, 1.807) is 12.1 Å². The summed E-state index contributed by atoms with van der Waals surface area (Å²) in [4.78, 5) is 0.315. The zero-order valence-corrected chi connectivity index (χ0v) is 12.9. The van der Waals surface area contributed by atoms with E-state index in [0.717, 1.165) is 17.5 Å². The number of ether oxygens (including phenoxy) is 1. The Kier molecular flexibility index (Phi) is 4.36. The summed E-state index contributed by atoms with van der Waals surface area (Å²) in [6.07, 6.45) is 1.35. The molecule has 3 rings (SSSR count). The van der Waals surface area contributed by atoms with E-state index in [2.05, 4.69) is 4.40 Å². The van der Waals surface area contributed by atoms with Crippen molar-refractivity contribution in [1.29, 1.82) is 0 Å². The quantitative estimate of drug-likeness (QED) is 0.769. The monoisotopic (exact) mass is 315 g/mol. The average molecular weight is 315 g/mol. The lowest BCUT2D eigenvalue weighted by Gasteiger charge is -2.05. The van der Waals surface area contributed by atoms with E-state index in [1.807, 2.05) is 42.5 Å². The Hall–Kier alpha value is -1.98. The summed E-state index contributed by atoms with van der Waals surface area (Å²) in [7, 11) is -3.49. The average Bonchev–Trinajstić information content (AvgIpc) is 2.80. The van der Waals surface area contributed by atoms with Gasteiger partial charge in [0.1, 0.15) is 0 Å². The molecule has 0 N–H and O–H groups in total. The van der Waals surface area contributed by atoms with E-state index < -0.39 is 10.0 Å². The summed E-state index contributed by atoms with van der Waals surface area (Å²) >= 11 is 0. The van der Waals surface area contributed by atoms with E-state index in [-0.39, 0.29) is 0 Å². The maximum atomic E-state index is 11.9. The summed E-state index contributed by atoms with van der Waals surface area (Å²) < 4.78 is 33.3. The largest absolute Gasteiger partial charge is 0.377 e. The van der Waals surface area contributed by atoms with Gasteiger partial charge < -0.3 is 4.74 Å². The van der Waals surface area contributed by atoms with E-state index in [4.69, 9.17) is 4.74 Å². The molecule has 1 aliphatic heterocycles. The van der Waals surface area contributed by atoms with Gasteiger partial charge in [0.15, 0.2) is 0 Å². The molecule has 0 spiro atoms. The number of sulfonamides is 1. The molecule has 0 atom stereocenters. The van der Waals surface area contributed by atoms with Crippen LogP contribution in [-0.2, 0) is 21.4 Å². The van der Waals surface area contributed by atoms with Crippen LogP contribution in [-0.4, -0.2) is 20.7 Å². The third-order valence-electron chi connectivity index (χ3n) is 3.52. The molecule has 114 valence electrons. The predicted molar refractivity (Wildman–Crippen MR) is 85.5 cm³/mol. The Morgan fingerprint density at radius 2 is 1.68 bits per heavy atom. The first-order chi connectivity index (χ1) is 10.7. The van der Waals surface area contributed by atoms with E-state index >= 15 is 0 Å². The molecule has 22 heavy (non-hydrogen) atoms. The molecule has 4 nitrogen and oxygen atoms in total. The van der Waals surface area contributed by atoms with Crippen molar-refractivity contribution in [1.82, 2.24) is 0 Å². The molecule has 2 aromatic carbocycles. The summed E-state index contributed by atoms with van der Waals surface area (Å²) in [6.45, 7) is 1.15. The topological polar surface area (TPSA) is 55.7 Å². The second-order valence-corrected chi connectivity index (χ2v) is 6.72. The van der Waals surface area contributed by atoms with Crippen LogP contribution in [0.4, 0.5) is 0 Å². The van der Waals surface area contributed by atoms with Crippen molar-refractivity contribution in [3.63, 3.8) is 0 Å². The minimum atomic E-state index is -3.49. The highest BCUT2D eigenvalue weighted by atomic mass is 32.2. The first kappa shape index (κ1) is 14.9. The lowest BCUT2D eigenvalue weighted by Crippen LogP contribution is -2.02. The Morgan fingerprint density at radius 3 is 2.50 bits per heavy atom. The van der Waals surface area contributed by atoms with Gasteiger partial charge in [-0.25, -0.2) is 0 Å². The molecule has 2 aromatic rings. The molecular formula is C17H17NO3S. The van der Waals surface area contributed by atoms with Gasteiger partial charge in [0.25, 0.3) is 10.0 Å². The van der Waals surface area contributed by atoms with Crippen molar-refractivity contribution in [2.45, 2.75) is 24.3 Å². The minimum absolute atomic E-state index is 0.315. The van der Waals surface area contributed by atoms with Crippen molar-refractivity contribution in [3.05, 3.63) is 65.7 Å². The van der Waals surface area contributed by atoms with Crippen LogP contribution in [0.2, 0.25) is 0 Å². The zero-order valence-electron chi connectivity index (χ0n) is 12.1. The van der Waals surface area contributed by atoms with Gasteiger partial charge in [-0.2, -0.15) is 12.8 Å². The third-order valence-corrected chi connectivity index (χ3v) is 4.89. The zero-order chi connectivity index (χ0) is 15.4. The van der Waals surface area contributed by atoms with Crippen LogP contribution < -0.4 is 0 Å². The van der Waals surface area contributed by atoms with Crippen molar-refractivity contribution in [2.24, 2.45) is 4.40 Å². The minimum Gasteiger partial charge on any atom is -0.377 e. The standard InChI is InChI=1S/C17H17NO3S/c19-22(20)17-11-5-4-9-15(17)16(18-22)10-6-12-21-13-14-7-2-1-3-8-14/h1-5,7-9,11H,6,10,12-13H2. The van der Waals surface area contributed by atoms with Gasteiger partial charge in [-0.3, -0.25) is 0 Å². The predicted octanol–water partition coefficient (Wildman–Crippen LogP) is 3.18. The van der Waals surface area contributed by atoms with E-state index in [9.17, 15) is 8.42 Å². The summed E-state index contributed by atoms with van der Waals surface area (Å²) in [5.74, 6) is 0. The number of hydrogen-bond acceptors (Lipinski definition) is 3. The Morgan fingerprint density at radius 1 is 0.955 bits per heavy atom. The number of nitrogens with zero attached hydrogens (tertiary/aromatic N) is 1. The molecule has 0 amide bonds. The van der Waals surface area contributed by atoms with Gasteiger partial charge >= 0.3 is 0 Å². The molecule has 0 fully saturated rings. The van der Waals surface area contributed by atoms with Gasteiger partial charge in [-0.15, -0.1) is 0 Å². The number of hydrogen-bond donors (Lipinski definition) is 0. The van der Waals surface area contributed by atoms with Crippen molar-refractivity contribution >= 4 is 15.7 Å². The van der Waals surface area contributed by atoms with Crippen LogP contribution in [0.25, 0.3) is 0 Å². The summed E-state index contributed by atoms with van der Waals surface area (Å²) in [5.41, 5.74) is 2.50. The first-order valence-electron chi connectivity index (χ1n) is 7.22. The highest BCUT2D eigenvalue weighted by Gasteiger charge is 2.27. The van der Waals surface area contributed by atoms with Gasteiger partial charge in [0, 0.05) is 12.2 Å². The third kappa shape index (κ3) is 3.26. The molecule has 0 saturated carbocycles. The van der Waals surface area contributed by atoms with Crippen molar-refractivity contribution in [2.75, 3.05) is 6.61 Å². The lowest BCUT2D eigenvalue weighted by atomic mass is 10.1. The molecule has 0 bridgehead atoms. The molecule has 0 saturated heterocycles. The molecule has 0 aliphatic carbocycles. The molecule has 0 radical (unpaired) electrons. The summed E-state index contributed by atoms with van der Waals surface area (Å²) in [5, 5.41) is 0. The molecule has 0 unspecified atom stereocenters. The SMILES string of the molecule is O=S1(=O)N=C(CCCOCc2ccccc2)c2ccccc21. The Bertz CT molecular complexity index is 783. The maximum Gasteiger partial charge on any atom is 0.283 e. The second-order valence-electron chi connectivity index (χ2n) is 5.15.